The first-order valence-electron chi connectivity index (χ1n) is 5.00. The topological polar surface area (TPSA) is 46.3 Å². The Labute approximate surface area is 80.3 Å². The van der Waals surface area contributed by atoms with Gasteiger partial charge in [0.25, 0.3) is 0 Å². The van der Waals surface area contributed by atoms with Gasteiger partial charge in [-0.05, 0) is 18.3 Å². The van der Waals surface area contributed by atoms with Gasteiger partial charge in [0.2, 0.25) is 5.91 Å². The molecule has 13 heavy (non-hydrogen) atoms. The summed E-state index contributed by atoms with van der Waals surface area (Å²) >= 11 is 0. The summed E-state index contributed by atoms with van der Waals surface area (Å²) in [5, 5.41) is 0. The standard InChI is InChI=1S/C10H20N2O/c1-4-8(11)9(13)12-6-5-10(2,3)7-12/h8H,4-7,11H2,1-3H3. The Hall–Kier alpha value is -0.570. The zero-order valence-electron chi connectivity index (χ0n) is 8.84. The Morgan fingerprint density at radius 3 is 2.62 bits per heavy atom. The molecule has 76 valence electrons. The van der Waals surface area contributed by atoms with Crippen molar-refractivity contribution >= 4 is 5.91 Å². The van der Waals surface area contributed by atoms with Crippen LogP contribution in [0.15, 0.2) is 0 Å². The van der Waals surface area contributed by atoms with E-state index in [0.717, 1.165) is 25.9 Å². The van der Waals surface area contributed by atoms with E-state index in [0.29, 0.717) is 0 Å². The quantitative estimate of drug-likeness (QED) is 0.695. The molecule has 0 saturated carbocycles. The molecule has 1 atom stereocenters. The van der Waals surface area contributed by atoms with E-state index in [1.54, 1.807) is 0 Å². The van der Waals surface area contributed by atoms with Crippen molar-refractivity contribution in [1.82, 2.24) is 4.90 Å². The molecule has 0 aromatic rings. The Bertz CT molecular complexity index is 201. The number of rotatable bonds is 2. The van der Waals surface area contributed by atoms with Gasteiger partial charge in [-0.25, -0.2) is 0 Å². The Balaban J connectivity index is 2.51. The summed E-state index contributed by atoms with van der Waals surface area (Å²) in [4.78, 5) is 13.6. The smallest absolute Gasteiger partial charge is 0.239 e. The van der Waals surface area contributed by atoms with Crippen LogP contribution in [0.1, 0.15) is 33.6 Å². The molecule has 1 aliphatic rings. The third-order valence-electron chi connectivity index (χ3n) is 2.75. The van der Waals surface area contributed by atoms with E-state index in [2.05, 4.69) is 13.8 Å². The van der Waals surface area contributed by atoms with Crippen molar-refractivity contribution < 1.29 is 4.79 Å². The molecule has 3 heteroatoms. The number of hydrogen-bond donors (Lipinski definition) is 1. The molecular formula is C10H20N2O. The minimum absolute atomic E-state index is 0.119. The molecule has 1 heterocycles. The van der Waals surface area contributed by atoms with E-state index in [1.807, 2.05) is 11.8 Å². The number of nitrogens with zero attached hydrogens (tertiary/aromatic N) is 1. The van der Waals surface area contributed by atoms with Gasteiger partial charge in [-0.1, -0.05) is 20.8 Å². The van der Waals surface area contributed by atoms with Crippen molar-refractivity contribution in [2.45, 2.75) is 39.7 Å². The van der Waals surface area contributed by atoms with Gasteiger partial charge in [-0.3, -0.25) is 4.79 Å². The molecule has 0 spiro atoms. The van der Waals surface area contributed by atoms with Crippen LogP contribution in [0.3, 0.4) is 0 Å². The van der Waals surface area contributed by atoms with Crippen LogP contribution >= 0.6 is 0 Å². The van der Waals surface area contributed by atoms with Crippen LogP contribution in [0.5, 0.6) is 0 Å². The maximum atomic E-state index is 11.7. The maximum Gasteiger partial charge on any atom is 0.239 e. The monoisotopic (exact) mass is 184 g/mol. The molecule has 1 fully saturated rings. The SMILES string of the molecule is CCC(N)C(=O)N1CCC(C)(C)C1. The van der Waals surface area contributed by atoms with Crippen LogP contribution in [-0.4, -0.2) is 29.9 Å². The highest BCUT2D eigenvalue weighted by Gasteiger charge is 2.33. The molecular weight excluding hydrogens is 164 g/mol. The van der Waals surface area contributed by atoms with E-state index >= 15 is 0 Å². The molecule has 0 aromatic heterocycles. The summed E-state index contributed by atoms with van der Waals surface area (Å²) in [7, 11) is 0. The number of carbonyl (C=O) groups excluding carboxylic acids is 1. The van der Waals surface area contributed by atoms with Gasteiger partial charge in [0, 0.05) is 13.1 Å². The number of amides is 1. The lowest BCUT2D eigenvalue weighted by Crippen LogP contribution is -2.42. The molecule has 3 nitrogen and oxygen atoms in total. The predicted molar refractivity (Wildman–Crippen MR) is 53.2 cm³/mol. The van der Waals surface area contributed by atoms with E-state index in [4.69, 9.17) is 5.73 Å². The first kappa shape index (κ1) is 10.5. The molecule has 1 aliphatic heterocycles. The number of hydrogen-bond acceptors (Lipinski definition) is 2. The minimum atomic E-state index is -0.297. The third kappa shape index (κ3) is 2.44. The van der Waals surface area contributed by atoms with Crippen LogP contribution < -0.4 is 5.73 Å². The van der Waals surface area contributed by atoms with Gasteiger partial charge < -0.3 is 10.6 Å². The molecule has 0 aromatic carbocycles. The van der Waals surface area contributed by atoms with E-state index in [9.17, 15) is 4.79 Å². The Kier molecular flexibility index (Phi) is 2.96. The average Bonchev–Trinajstić information content (AvgIpc) is 2.43. The maximum absolute atomic E-state index is 11.7. The molecule has 0 aliphatic carbocycles. The lowest BCUT2D eigenvalue weighted by Gasteiger charge is -2.22. The second-order valence-electron chi connectivity index (χ2n) is 4.69. The number of likely N-dealkylation sites (tertiary alicyclic amines) is 1. The summed E-state index contributed by atoms with van der Waals surface area (Å²) in [6.07, 6.45) is 1.82. The van der Waals surface area contributed by atoms with Gasteiger partial charge in [0.15, 0.2) is 0 Å². The van der Waals surface area contributed by atoms with Gasteiger partial charge in [-0.2, -0.15) is 0 Å². The van der Waals surface area contributed by atoms with Crippen LogP contribution in [0.25, 0.3) is 0 Å². The van der Waals surface area contributed by atoms with E-state index < -0.39 is 0 Å². The van der Waals surface area contributed by atoms with Crippen molar-refractivity contribution in [3.8, 4) is 0 Å². The second-order valence-corrected chi connectivity index (χ2v) is 4.69. The van der Waals surface area contributed by atoms with Crippen molar-refractivity contribution in [2.24, 2.45) is 11.1 Å². The first-order valence-corrected chi connectivity index (χ1v) is 5.00. The molecule has 2 N–H and O–H groups in total. The minimum Gasteiger partial charge on any atom is -0.341 e. The fourth-order valence-corrected chi connectivity index (χ4v) is 1.71. The van der Waals surface area contributed by atoms with Crippen molar-refractivity contribution in [3.63, 3.8) is 0 Å². The summed E-state index contributed by atoms with van der Waals surface area (Å²) in [5.41, 5.74) is 5.97. The van der Waals surface area contributed by atoms with Crippen molar-refractivity contribution in [3.05, 3.63) is 0 Å². The van der Waals surface area contributed by atoms with Gasteiger partial charge in [0.05, 0.1) is 6.04 Å². The molecule has 1 amide bonds. The van der Waals surface area contributed by atoms with Crippen molar-refractivity contribution in [1.29, 1.82) is 0 Å². The van der Waals surface area contributed by atoms with Crippen molar-refractivity contribution in [2.75, 3.05) is 13.1 Å². The first-order chi connectivity index (χ1) is 5.96. The van der Waals surface area contributed by atoms with E-state index in [-0.39, 0.29) is 17.4 Å². The summed E-state index contributed by atoms with van der Waals surface area (Å²) in [6, 6.07) is -0.297. The van der Waals surface area contributed by atoms with Crippen LogP contribution in [0.2, 0.25) is 0 Å². The van der Waals surface area contributed by atoms with Gasteiger partial charge in [0.1, 0.15) is 0 Å². The highest BCUT2D eigenvalue weighted by molar-refractivity contribution is 5.81. The molecule has 1 unspecified atom stereocenters. The zero-order chi connectivity index (χ0) is 10.1. The summed E-state index contributed by atoms with van der Waals surface area (Å²) < 4.78 is 0. The largest absolute Gasteiger partial charge is 0.341 e. The fraction of sp³-hybridized carbons (Fsp3) is 0.900. The lowest BCUT2D eigenvalue weighted by molar-refractivity contribution is -0.131. The van der Waals surface area contributed by atoms with E-state index in [1.165, 1.54) is 0 Å². The third-order valence-corrected chi connectivity index (χ3v) is 2.75. The number of carbonyl (C=O) groups is 1. The Morgan fingerprint density at radius 2 is 2.23 bits per heavy atom. The van der Waals surface area contributed by atoms with Gasteiger partial charge in [-0.15, -0.1) is 0 Å². The summed E-state index contributed by atoms with van der Waals surface area (Å²) in [6.45, 7) is 8.07. The molecule has 1 saturated heterocycles. The lowest BCUT2D eigenvalue weighted by atomic mass is 9.93. The summed E-state index contributed by atoms with van der Waals surface area (Å²) in [5.74, 6) is 0.119. The highest BCUT2D eigenvalue weighted by atomic mass is 16.2. The molecule has 0 bridgehead atoms. The Morgan fingerprint density at radius 1 is 1.62 bits per heavy atom. The average molecular weight is 184 g/mol. The fourth-order valence-electron chi connectivity index (χ4n) is 1.71. The van der Waals surface area contributed by atoms with Crippen LogP contribution in [-0.2, 0) is 4.79 Å². The highest BCUT2D eigenvalue weighted by Crippen LogP contribution is 2.28. The molecule has 0 radical (unpaired) electrons. The predicted octanol–water partition coefficient (Wildman–Crippen LogP) is 0.982. The molecule has 1 rings (SSSR count). The number of nitrogens with two attached hydrogens (primary N) is 1. The van der Waals surface area contributed by atoms with Crippen LogP contribution in [0, 0.1) is 5.41 Å². The van der Waals surface area contributed by atoms with Gasteiger partial charge >= 0.3 is 0 Å². The zero-order valence-corrected chi connectivity index (χ0v) is 8.84. The van der Waals surface area contributed by atoms with Crippen LogP contribution in [0.4, 0.5) is 0 Å². The second kappa shape index (κ2) is 3.66. The normalized spacial score (nSPS) is 23.2.